The molecule has 0 amide bonds. The summed E-state index contributed by atoms with van der Waals surface area (Å²) >= 11 is 0. The van der Waals surface area contributed by atoms with Crippen molar-refractivity contribution in [3.63, 3.8) is 0 Å². The molecule has 0 heterocycles. The van der Waals surface area contributed by atoms with Crippen molar-refractivity contribution in [2.45, 2.75) is 46.5 Å². The maximum atomic E-state index is 12.6. The van der Waals surface area contributed by atoms with Gasteiger partial charge in [-0.15, -0.1) is 0 Å². The third kappa shape index (κ3) is 11.7. The average molecular weight is 372 g/mol. The second-order valence-electron chi connectivity index (χ2n) is 4.92. The molecule has 2 N–H and O–H groups in total. The van der Waals surface area contributed by atoms with Gasteiger partial charge in [0.1, 0.15) is 0 Å². The first kappa shape index (κ1) is 22.5. The number of hydrogen-bond donors (Lipinski definition) is 2. The van der Waals surface area contributed by atoms with Crippen LogP contribution in [0.25, 0.3) is 0 Å². The first-order chi connectivity index (χ1) is 10.6. The zero-order valence-corrected chi connectivity index (χ0v) is 15.6. The Kier molecular flexibility index (Phi) is 10.9. The third-order valence-electron chi connectivity index (χ3n) is 2.72. The topological polar surface area (TPSA) is 119 Å². The van der Waals surface area contributed by atoms with Gasteiger partial charge in [-0.05, 0) is 19.8 Å². The molecular weight excluding hydrogens is 346 g/mol. The van der Waals surface area contributed by atoms with Crippen LogP contribution in [0.4, 0.5) is 0 Å². The lowest BCUT2D eigenvalue weighted by atomic mass is 10.3. The van der Waals surface area contributed by atoms with Crippen LogP contribution in [0.15, 0.2) is 11.6 Å². The van der Waals surface area contributed by atoms with Crippen LogP contribution in [0.5, 0.6) is 0 Å². The second-order valence-corrected chi connectivity index (χ2v) is 8.19. The number of hydrogen-bond acceptors (Lipinski definition) is 6. The first-order valence-electron chi connectivity index (χ1n) is 7.48. The van der Waals surface area contributed by atoms with Crippen molar-refractivity contribution in [2.24, 2.45) is 0 Å². The van der Waals surface area contributed by atoms with Crippen molar-refractivity contribution in [3.8, 4) is 0 Å². The van der Waals surface area contributed by atoms with Gasteiger partial charge in [0.25, 0.3) is 0 Å². The molecule has 0 aromatic rings. The zero-order chi connectivity index (χ0) is 17.9. The maximum absolute atomic E-state index is 12.6. The molecule has 0 saturated carbocycles. The molecule has 10 heteroatoms. The Balaban J connectivity index is 4.78. The first-order valence-corrected chi connectivity index (χ1v) is 10.7. The Morgan fingerprint density at radius 3 is 1.91 bits per heavy atom. The SMILES string of the molecule is CCCCOP(=O)(CC=C(C)C(=O)OP(=O)(O)O)OCCCC. The van der Waals surface area contributed by atoms with Crippen LogP contribution >= 0.6 is 15.4 Å². The predicted molar refractivity (Wildman–Crippen MR) is 86.1 cm³/mol. The highest BCUT2D eigenvalue weighted by molar-refractivity contribution is 7.54. The lowest BCUT2D eigenvalue weighted by Gasteiger charge is -2.17. The number of unbranched alkanes of at least 4 members (excludes halogenated alkanes) is 2. The molecular formula is C13H26O8P2. The number of phosphoric ester groups is 1. The number of allylic oxidation sites excluding steroid dienone is 1. The van der Waals surface area contributed by atoms with Crippen LogP contribution < -0.4 is 0 Å². The molecule has 136 valence electrons. The monoisotopic (exact) mass is 372 g/mol. The van der Waals surface area contributed by atoms with Crippen molar-refractivity contribution in [2.75, 3.05) is 19.4 Å². The number of carbonyl (C=O) groups is 1. The molecule has 0 fully saturated rings. The Morgan fingerprint density at radius 1 is 1.04 bits per heavy atom. The lowest BCUT2D eigenvalue weighted by molar-refractivity contribution is -0.131. The third-order valence-corrected chi connectivity index (χ3v) is 4.90. The minimum atomic E-state index is -4.91. The Bertz CT molecular complexity index is 468. The maximum Gasteiger partial charge on any atom is 0.527 e. The van der Waals surface area contributed by atoms with Crippen molar-refractivity contribution >= 4 is 21.4 Å². The van der Waals surface area contributed by atoms with Crippen LogP contribution in [0.2, 0.25) is 0 Å². The van der Waals surface area contributed by atoms with E-state index in [1.54, 1.807) is 0 Å². The van der Waals surface area contributed by atoms with E-state index in [0.29, 0.717) is 0 Å². The molecule has 0 aromatic carbocycles. The molecule has 0 aromatic heterocycles. The van der Waals surface area contributed by atoms with Gasteiger partial charge < -0.3 is 13.6 Å². The van der Waals surface area contributed by atoms with Crippen LogP contribution in [0.3, 0.4) is 0 Å². The normalized spacial score (nSPS) is 13.2. The average Bonchev–Trinajstić information content (AvgIpc) is 2.44. The Hall–Kier alpha value is -0.490. The van der Waals surface area contributed by atoms with Crippen LogP contribution in [0.1, 0.15) is 46.5 Å². The van der Waals surface area contributed by atoms with Gasteiger partial charge >= 0.3 is 21.4 Å². The van der Waals surface area contributed by atoms with E-state index in [1.807, 2.05) is 13.8 Å². The molecule has 0 saturated heterocycles. The van der Waals surface area contributed by atoms with E-state index in [4.69, 9.17) is 18.8 Å². The van der Waals surface area contributed by atoms with Crippen LogP contribution in [0, 0.1) is 0 Å². The quantitative estimate of drug-likeness (QED) is 0.304. The summed E-state index contributed by atoms with van der Waals surface area (Å²) in [4.78, 5) is 28.6. The van der Waals surface area contributed by atoms with Crippen molar-refractivity contribution in [1.82, 2.24) is 0 Å². The highest BCUT2D eigenvalue weighted by Crippen LogP contribution is 2.49. The highest BCUT2D eigenvalue weighted by Gasteiger charge is 2.25. The summed E-state index contributed by atoms with van der Waals surface area (Å²) in [5.41, 5.74) is -0.0771. The number of rotatable bonds is 12. The molecule has 23 heavy (non-hydrogen) atoms. The molecule has 0 bridgehead atoms. The molecule has 0 aliphatic rings. The Morgan fingerprint density at radius 2 is 1.52 bits per heavy atom. The van der Waals surface area contributed by atoms with E-state index < -0.39 is 21.4 Å². The molecule has 0 unspecified atom stereocenters. The van der Waals surface area contributed by atoms with E-state index >= 15 is 0 Å². The van der Waals surface area contributed by atoms with Crippen LogP contribution in [-0.4, -0.2) is 35.1 Å². The summed E-state index contributed by atoms with van der Waals surface area (Å²) in [5.74, 6) is -1.17. The van der Waals surface area contributed by atoms with Crippen molar-refractivity contribution in [1.29, 1.82) is 0 Å². The molecule has 8 nitrogen and oxygen atoms in total. The standard InChI is InChI=1S/C13H26O8P2/c1-4-6-9-19-22(15,20-10-7-5-2)11-8-12(3)13(14)21-23(16,17)18/h8H,4-7,9-11H2,1-3H3,(H2,16,17,18). The van der Waals surface area contributed by atoms with Gasteiger partial charge in [-0.1, -0.05) is 32.8 Å². The highest BCUT2D eigenvalue weighted by atomic mass is 31.2. The molecule has 0 aliphatic heterocycles. The largest absolute Gasteiger partial charge is 0.527 e. The minimum Gasteiger partial charge on any atom is -0.367 e. The van der Waals surface area contributed by atoms with Gasteiger partial charge in [-0.3, -0.25) is 14.4 Å². The summed E-state index contributed by atoms with van der Waals surface area (Å²) in [6.07, 6.45) is 4.28. The fourth-order valence-electron chi connectivity index (χ4n) is 1.35. The second kappa shape index (κ2) is 11.1. The van der Waals surface area contributed by atoms with E-state index in [1.165, 1.54) is 13.0 Å². The number of carbonyl (C=O) groups excluding carboxylic acids is 1. The van der Waals surface area contributed by atoms with Gasteiger partial charge in [0.15, 0.2) is 0 Å². The molecule has 0 aliphatic carbocycles. The lowest BCUT2D eigenvalue weighted by Crippen LogP contribution is -2.06. The summed E-state index contributed by atoms with van der Waals surface area (Å²) in [6, 6.07) is 0. The minimum absolute atomic E-state index is 0.0771. The zero-order valence-electron chi connectivity index (χ0n) is 13.8. The molecule has 0 spiro atoms. The van der Waals surface area contributed by atoms with E-state index in [9.17, 15) is 13.9 Å². The van der Waals surface area contributed by atoms with Gasteiger partial charge in [0, 0.05) is 5.57 Å². The summed E-state index contributed by atoms with van der Waals surface area (Å²) in [7, 11) is -8.31. The summed E-state index contributed by atoms with van der Waals surface area (Å²) < 4.78 is 37.8. The van der Waals surface area contributed by atoms with E-state index in [2.05, 4.69) is 4.52 Å². The molecule has 0 radical (unpaired) electrons. The van der Waals surface area contributed by atoms with Crippen molar-refractivity contribution < 1.29 is 37.3 Å². The smallest absolute Gasteiger partial charge is 0.367 e. The fourth-order valence-corrected chi connectivity index (χ4v) is 3.31. The van der Waals surface area contributed by atoms with E-state index in [-0.39, 0.29) is 24.9 Å². The van der Waals surface area contributed by atoms with Crippen LogP contribution in [-0.2, 0) is 27.5 Å². The Labute approximate surface area is 137 Å². The van der Waals surface area contributed by atoms with Gasteiger partial charge in [0.05, 0.1) is 19.4 Å². The number of phosphoric acid groups is 1. The van der Waals surface area contributed by atoms with E-state index in [0.717, 1.165) is 25.7 Å². The van der Waals surface area contributed by atoms with Crippen molar-refractivity contribution in [3.05, 3.63) is 11.6 Å². The molecule has 0 atom stereocenters. The van der Waals surface area contributed by atoms with Gasteiger partial charge in [-0.2, -0.15) is 0 Å². The summed E-state index contributed by atoms with van der Waals surface area (Å²) in [5, 5.41) is 0. The fraction of sp³-hybridized carbons (Fsp3) is 0.769. The van der Waals surface area contributed by atoms with Gasteiger partial charge in [-0.25, -0.2) is 9.36 Å². The van der Waals surface area contributed by atoms with Gasteiger partial charge in [0.2, 0.25) is 0 Å². The summed E-state index contributed by atoms with van der Waals surface area (Å²) in [6.45, 7) is 5.79. The predicted octanol–water partition coefficient (Wildman–Crippen LogP) is 3.40. The molecule has 0 rings (SSSR count).